The smallest absolute Gasteiger partial charge is 0.144 e. The number of piperidine rings is 1. The molecular weight excluding hydrogens is 286 g/mol. The fraction of sp³-hybridized carbons (Fsp3) is 0.389. The van der Waals surface area contributed by atoms with E-state index in [1.165, 1.54) is 0 Å². The Morgan fingerprint density at radius 1 is 1.26 bits per heavy atom. The summed E-state index contributed by atoms with van der Waals surface area (Å²) in [4.78, 5) is 11.2. The van der Waals surface area contributed by atoms with Crippen LogP contribution in [0.5, 0.6) is 0 Å². The van der Waals surface area contributed by atoms with E-state index in [1.807, 2.05) is 18.3 Å². The second kappa shape index (κ2) is 7.21. The van der Waals surface area contributed by atoms with Crippen LogP contribution < -0.4 is 5.32 Å². The third-order valence-corrected chi connectivity index (χ3v) is 4.35. The Morgan fingerprint density at radius 2 is 2.13 bits per heavy atom. The minimum atomic E-state index is 0.344. The first kappa shape index (κ1) is 15.4. The number of anilines is 1. The maximum Gasteiger partial charge on any atom is 0.144 e. The lowest BCUT2D eigenvalue weighted by Crippen LogP contribution is -2.45. The quantitative estimate of drug-likeness (QED) is 0.941. The van der Waals surface area contributed by atoms with Crippen LogP contribution in [-0.4, -0.2) is 34.0 Å². The number of nitriles is 1. The first-order valence-electron chi connectivity index (χ1n) is 8.00. The van der Waals surface area contributed by atoms with Gasteiger partial charge in [0.2, 0.25) is 0 Å². The van der Waals surface area contributed by atoms with E-state index in [1.54, 1.807) is 18.3 Å². The fourth-order valence-corrected chi connectivity index (χ4v) is 3.10. The van der Waals surface area contributed by atoms with Gasteiger partial charge >= 0.3 is 0 Å². The number of pyridine rings is 2. The van der Waals surface area contributed by atoms with E-state index in [9.17, 15) is 5.26 Å². The topological polar surface area (TPSA) is 64.8 Å². The van der Waals surface area contributed by atoms with E-state index < -0.39 is 0 Å². The van der Waals surface area contributed by atoms with Crippen molar-refractivity contribution in [3.63, 3.8) is 0 Å². The van der Waals surface area contributed by atoms with Crippen molar-refractivity contribution in [1.29, 1.82) is 5.26 Å². The van der Waals surface area contributed by atoms with Gasteiger partial charge in [0.15, 0.2) is 0 Å². The number of nitrogens with zero attached hydrogens (tertiary/aromatic N) is 4. The molecule has 3 heterocycles. The Morgan fingerprint density at radius 3 is 2.87 bits per heavy atom. The van der Waals surface area contributed by atoms with Crippen LogP contribution >= 0.6 is 0 Å². The molecule has 1 N–H and O–H groups in total. The number of hydrogen-bond acceptors (Lipinski definition) is 5. The monoisotopic (exact) mass is 307 g/mol. The summed E-state index contributed by atoms with van der Waals surface area (Å²) in [7, 11) is 0. The van der Waals surface area contributed by atoms with E-state index in [-0.39, 0.29) is 0 Å². The predicted molar refractivity (Wildman–Crippen MR) is 89.7 cm³/mol. The van der Waals surface area contributed by atoms with Crippen LogP contribution in [0.4, 0.5) is 5.82 Å². The van der Waals surface area contributed by atoms with Crippen LogP contribution in [0.1, 0.15) is 24.6 Å². The summed E-state index contributed by atoms with van der Waals surface area (Å²) in [5.74, 6) is 1.19. The molecule has 5 heteroatoms. The summed E-state index contributed by atoms with van der Waals surface area (Å²) in [6.45, 7) is 5.18. The summed E-state index contributed by atoms with van der Waals surface area (Å²) in [6.07, 6.45) is 4.61. The summed E-state index contributed by atoms with van der Waals surface area (Å²) in [6, 6.07) is 12.2. The van der Waals surface area contributed by atoms with Gasteiger partial charge in [-0.05, 0) is 36.6 Å². The number of rotatable bonds is 4. The molecule has 0 aliphatic carbocycles. The second-order valence-corrected chi connectivity index (χ2v) is 6.08. The first-order chi connectivity index (χ1) is 11.3. The third kappa shape index (κ3) is 3.85. The Bertz CT molecular complexity index is 679. The Balaban J connectivity index is 1.60. The van der Waals surface area contributed by atoms with Crippen LogP contribution in [-0.2, 0) is 6.54 Å². The third-order valence-electron chi connectivity index (χ3n) is 4.35. The van der Waals surface area contributed by atoms with Crippen molar-refractivity contribution in [2.45, 2.75) is 25.9 Å². The van der Waals surface area contributed by atoms with Gasteiger partial charge < -0.3 is 5.32 Å². The normalized spacial score (nSPS) is 21.6. The molecule has 0 aromatic carbocycles. The van der Waals surface area contributed by atoms with Crippen LogP contribution in [0.15, 0.2) is 42.7 Å². The van der Waals surface area contributed by atoms with Crippen molar-refractivity contribution in [3.05, 3.63) is 54.0 Å². The molecule has 0 bridgehead atoms. The SMILES string of the molecule is C[C@H]1CN(Cc2ccccn2)CC[C@@H]1Nc1ncccc1C#N. The number of aromatic nitrogens is 2. The van der Waals surface area contributed by atoms with Gasteiger partial charge in [0.25, 0.3) is 0 Å². The molecule has 0 unspecified atom stereocenters. The van der Waals surface area contributed by atoms with E-state index in [0.717, 1.165) is 31.7 Å². The zero-order valence-corrected chi connectivity index (χ0v) is 13.3. The van der Waals surface area contributed by atoms with E-state index in [0.29, 0.717) is 23.3 Å². The molecule has 2 aromatic heterocycles. The molecule has 0 saturated carbocycles. The molecule has 23 heavy (non-hydrogen) atoms. The first-order valence-corrected chi connectivity index (χ1v) is 8.00. The summed E-state index contributed by atoms with van der Waals surface area (Å²) in [5, 5.41) is 12.6. The highest BCUT2D eigenvalue weighted by Gasteiger charge is 2.26. The van der Waals surface area contributed by atoms with Gasteiger partial charge in [0.05, 0.1) is 11.3 Å². The Kier molecular flexibility index (Phi) is 4.84. The molecule has 0 amide bonds. The Labute approximate surface area is 137 Å². The highest BCUT2D eigenvalue weighted by atomic mass is 15.2. The van der Waals surface area contributed by atoms with Gasteiger partial charge in [-0.15, -0.1) is 0 Å². The standard InChI is InChI=1S/C18H21N5/c1-14-12-23(13-16-6-2-3-8-20-16)10-7-17(14)22-18-15(11-19)5-4-9-21-18/h2-6,8-9,14,17H,7,10,12-13H2,1H3,(H,21,22)/t14-,17-/m0/s1. The molecule has 2 atom stereocenters. The molecule has 3 rings (SSSR count). The molecule has 1 fully saturated rings. The second-order valence-electron chi connectivity index (χ2n) is 6.08. The predicted octanol–water partition coefficient (Wildman–Crippen LogP) is 2.67. The highest BCUT2D eigenvalue weighted by molar-refractivity contribution is 5.51. The molecule has 1 aliphatic rings. The van der Waals surface area contributed by atoms with Crippen LogP contribution in [0.2, 0.25) is 0 Å². The number of nitrogens with one attached hydrogen (secondary N) is 1. The van der Waals surface area contributed by atoms with E-state index >= 15 is 0 Å². The van der Waals surface area contributed by atoms with Gasteiger partial charge in [-0.2, -0.15) is 5.26 Å². The largest absolute Gasteiger partial charge is 0.366 e. The molecule has 2 aromatic rings. The molecular formula is C18H21N5. The highest BCUT2D eigenvalue weighted by Crippen LogP contribution is 2.22. The summed E-state index contributed by atoms with van der Waals surface area (Å²) in [5.41, 5.74) is 1.72. The molecule has 5 nitrogen and oxygen atoms in total. The lowest BCUT2D eigenvalue weighted by atomic mass is 9.93. The van der Waals surface area contributed by atoms with Gasteiger partial charge in [0.1, 0.15) is 11.9 Å². The van der Waals surface area contributed by atoms with Gasteiger partial charge in [0, 0.05) is 38.1 Å². The minimum absolute atomic E-state index is 0.344. The average Bonchev–Trinajstić information content (AvgIpc) is 2.59. The molecule has 118 valence electrons. The van der Waals surface area contributed by atoms with Crippen LogP contribution in [0.3, 0.4) is 0 Å². The Hall–Kier alpha value is -2.45. The average molecular weight is 307 g/mol. The van der Waals surface area contributed by atoms with Gasteiger partial charge in [-0.25, -0.2) is 4.98 Å². The van der Waals surface area contributed by atoms with Crippen molar-refractivity contribution in [2.24, 2.45) is 5.92 Å². The van der Waals surface area contributed by atoms with Gasteiger partial charge in [-0.1, -0.05) is 13.0 Å². The molecule has 0 spiro atoms. The maximum absolute atomic E-state index is 9.17. The number of likely N-dealkylation sites (tertiary alicyclic amines) is 1. The maximum atomic E-state index is 9.17. The van der Waals surface area contributed by atoms with Gasteiger partial charge in [-0.3, -0.25) is 9.88 Å². The summed E-state index contributed by atoms with van der Waals surface area (Å²) < 4.78 is 0. The summed E-state index contributed by atoms with van der Waals surface area (Å²) >= 11 is 0. The lowest BCUT2D eigenvalue weighted by Gasteiger charge is -2.37. The number of hydrogen-bond donors (Lipinski definition) is 1. The van der Waals surface area contributed by atoms with Crippen molar-refractivity contribution in [1.82, 2.24) is 14.9 Å². The van der Waals surface area contributed by atoms with Crippen molar-refractivity contribution < 1.29 is 0 Å². The van der Waals surface area contributed by atoms with E-state index in [2.05, 4.69) is 39.2 Å². The lowest BCUT2D eigenvalue weighted by molar-refractivity contribution is 0.163. The van der Waals surface area contributed by atoms with E-state index in [4.69, 9.17) is 0 Å². The zero-order chi connectivity index (χ0) is 16.1. The van der Waals surface area contributed by atoms with Crippen LogP contribution in [0.25, 0.3) is 0 Å². The molecule has 0 radical (unpaired) electrons. The molecule has 1 saturated heterocycles. The fourth-order valence-electron chi connectivity index (χ4n) is 3.10. The molecule has 1 aliphatic heterocycles. The van der Waals surface area contributed by atoms with Crippen molar-refractivity contribution >= 4 is 5.82 Å². The minimum Gasteiger partial charge on any atom is -0.366 e. The van der Waals surface area contributed by atoms with Crippen LogP contribution in [0, 0.1) is 17.2 Å². The van der Waals surface area contributed by atoms with Crippen molar-refractivity contribution in [3.8, 4) is 6.07 Å². The van der Waals surface area contributed by atoms with Crippen molar-refractivity contribution in [2.75, 3.05) is 18.4 Å². The zero-order valence-electron chi connectivity index (χ0n) is 13.3.